The highest BCUT2D eigenvalue weighted by Crippen LogP contribution is 2.20. The summed E-state index contributed by atoms with van der Waals surface area (Å²) < 4.78 is 0. The smallest absolute Gasteiger partial charge is 0.167 e. The van der Waals surface area contributed by atoms with Crippen LogP contribution in [0.4, 0.5) is 5.69 Å². The van der Waals surface area contributed by atoms with E-state index in [1.807, 2.05) is 30.3 Å². The van der Waals surface area contributed by atoms with Crippen molar-refractivity contribution in [2.24, 2.45) is 0 Å². The molecule has 2 aromatic rings. The normalized spacial score (nSPS) is 14.3. The number of hydrogen-bond acceptors (Lipinski definition) is 2. The molecule has 0 spiro atoms. The van der Waals surface area contributed by atoms with Crippen molar-refractivity contribution in [1.29, 1.82) is 0 Å². The van der Waals surface area contributed by atoms with Crippen LogP contribution in [0, 0.1) is 0 Å². The molecular formula is C19H22ClNO. The molecule has 0 atom stereocenters. The van der Waals surface area contributed by atoms with E-state index in [4.69, 9.17) is 0 Å². The Morgan fingerprint density at radius 3 is 2.14 bits per heavy atom. The van der Waals surface area contributed by atoms with Gasteiger partial charge in [-0.3, -0.25) is 4.79 Å². The highest BCUT2D eigenvalue weighted by atomic mass is 35.5. The summed E-state index contributed by atoms with van der Waals surface area (Å²) in [5, 5.41) is 0. The van der Waals surface area contributed by atoms with Gasteiger partial charge in [-0.2, -0.15) is 0 Å². The number of carbonyl (C=O) groups is 1. The van der Waals surface area contributed by atoms with Gasteiger partial charge in [0.15, 0.2) is 5.78 Å². The molecule has 3 rings (SSSR count). The molecule has 0 aromatic heterocycles. The van der Waals surface area contributed by atoms with Crippen LogP contribution in [-0.4, -0.2) is 18.9 Å². The first-order chi connectivity index (χ1) is 10.3. The van der Waals surface area contributed by atoms with Gasteiger partial charge in [0.1, 0.15) is 0 Å². The average molecular weight is 316 g/mol. The van der Waals surface area contributed by atoms with E-state index in [9.17, 15) is 4.79 Å². The number of ketones is 1. The molecule has 1 heterocycles. The molecule has 0 aliphatic carbocycles. The number of anilines is 1. The van der Waals surface area contributed by atoms with Crippen LogP contribution in [0.15, 0.2) is 54.6 Å². The van der Waals surface area contributed by atoms with Crippen LogP contribution in [0.25, 0.3) is 0 Å². The van der Waals surface area contributed by atoms with E-state index in [-0.39, 0.29) is 18.2 Å². The zero-order valence-corrected chi connectivity index (χ0v) is 13.5. The number of benzene rings is 2. The summed E-state index contributed by atoms with van der Waals surface area (Å²) in [5.41, 5.74) is 3.16. The second kappa shape index (κ2) is 8.00. The van der Waals surface area contributed by atoms with Gasteiger partial charge >= 0.3 is 0 Å². The maximum atomic E-state index is 12.2. The number of hydrogen-bond donors (Lipinski definition) is 0. The monoisotopic (exact) mass is 315 g/mol. The van der Waals surface area contributed by atoms with E-state index in [2.05, 4.69) is 29.2 Å². The van der Waals surface area contributed by atoms with Crippen molar-refractivity contribution >= 4 is 23.9 Å². The molecule has 3 heteroatoms. The summed E-state index contributed by atoms with van der Waals surface area (Å²) >= 11 is 0. The van der Waals surface area contributed by atoms with Gasteiger partial charge in [-0.05, 0) is 37.0 Å². The molecule has 1 fully saturated rings. The van der Waals surface area contributed by atoms with E-state index in [0.717, 1.165) is 24.2 Å². The number of carbonyl (C=O) groups excluding carboxylic acids is 1. The van der Waals surface area contributed by atoms with Gasteiger partial charge in [-0.25, -0.2) is 0 Å². The van der Waals surface area contributed by atoms with Gasteiger partial charge in [0, 0.05) is 30.8 Å². The number of piperidine rings is 1. The molecule has 1 aliphatic heterocycles. The van der Waals surface area contributed by atoms with E-state index in [1.54, 1.807) is 0 Å². The maximum Gasteiger partial charge on any atom is 0.167 e. The van der Waals surface area contributed by atoms with Crippen LogP contribution in [0.5, 0.6) is 0 Å². The van der Waals surface area contributed by atoms with Crippen molar-refractivity contribution in [3.63, 3.8) is 0 Å². The van der Waals surface area contributed by atoms with Gasteiger partial charge in [-0.1, -0.05) is 42.5 Å². The van der Waals surface area contributed by atoms with Gasteiger partial charge < -0.3 is 4.90 Å². The quantitative estimate of drug-likeness (QED) is 0.773. The minimum Gasteiger partial charge on any atom is -0.372 e. The molecule has 2 aromatic carbocycles. The van der Waals surface area contributed by atoms with Crippen LogP contribution in [0.1, 0.15) is 35.2 Å². The van der Waals surface area contributed by atoms with Crippen molar-refractivity contribution in [2.75, 3.05) is 18.0 Å². The fraction of sp³-hybridized carbons (Fsp3) is 0.316. The number of rotatable bonds is 4. The number of Topliss-reactive ketones (excluding diaryl/α,β-unsaturated/α-hetero) is 1. The van der Waals surface area contributed by atoms with E-state index >= 15 is 0 Å². The highest BCUT2D eigenvalue weighted by molar-refractivity contribution is 5.97. The molecule has 0 N–H and O–H groups in total. The Morgan fingerprint density at radius 2 is 1.50 bits per heavy atom. The summed E-state index contributed by atoms with van der Waals surface area (Å²) in [6, 6.07) is 18.0. The largest absolute Gasteiger partial charge is 0.372 e. The zero-order chi connectivity index (χ0) is 14.5. The van der Waals surface area contributed by atoms with Gasteiger partial charge in [0.25, 0.3) is 0 Å². The molecule has 0 unspecified atom stereocenters. The molecule has 0 bridgehead atoms. The van der Waals surface area contributed by atoms with Crippen LogP contribution >= 0.6 is 12.4 Å². The fourth-order valence-electron chi connectivity index (χ4n) is 2.89. The molecular weight excluding hydrogens is 294 g/mol. The third-order valence-corrected chi connectivity index (χ3v) is 4.12. The molecule has 0 amide bonds. The first-order valence-corrected chi connectivity index (χ1v) is 7.75. The van der Waals surface area contributed by atoms with Crippen molar-refractivity contribution in [3.8, 4) is 0 Å². The molecule has 1 saturated heterocycles. The van der Waals surface area contributed by atoms with Crippen LogP contribution < -0.4 is 4.90 Å². The third kappa shape index (κ3) is 4.11. The topological polar surface area (TPSA) is 20.3 Å². The summed E-state index contributed by atoms with van der Waals surface area (Å²) in [5.74, 6) is 0.182. The summed E-state index contributed by atoms with van der Waals surface area (Å²) in [7, 11) is 0. The lowest BCUT2D eigenvalue weighted by atomic mass is 10.0. The minimum absolute atomic E-state index is 0. The SMILES string of the molecule is Cl.O=C(Cc1ccc(N2CCCCC2)cc1)c1ccccc1. The standard InChI is InChI=1S/C19H21NO.ClH/c21-19(17-7-3-1-4-8-17)15-16-9-11-18(12-10-16)20-13-5-2-6-14-20;/h1,3-4,7-12H,2,5-6,13-15H2;1H. The van der Waals surface area contributed by atoms with Crippen LogP contribution in [0.2, 0.25) is 0 Å². The Hall–Kier alpha value is -1.80. The van der Waals surface area contributed by atoms with Crippen molar-refractivity contribution in [1.82, 2.24) is 0 Å². The first-order valence-electron chi connectivity index (χ1n) is 7.75. The predicted octanol–water partition coefficient (Wildman–Crippen LogP) is 4.52. The summed E-state index contributed by atoms with van der Waals surface area (Å²) in [4.78, 5) is 14.6. The van der Waals surface area contributed by atoms with Gasteiger partial charge in [0.2, 0.25) is 0 Å². The molecule has 22 heavy (non-hydrogen) atoms. The van der Waals surface area contributed by atoms with Crippen molar-refractivity contribution < 1.29 is 4.79 Å². The molecule has 0 saturated carbocycles. The van der Waals surface area contributed by atoms with Crippen molar-refractivity contribution in [2.45, 2.75) is 25.7 Å². The Balaban J connectivity index is 0.00000176. The van der Waals surface area contributed by atoms with Gasteiger partial charge in [-0.15, -0.1) is 12.4 Å². The second-order valence-electron chi connectivity index (χ2n) is 5.68. The summed E-state index contributed by atoms with van der Waals surface area (Å²) in [6.07, 6.45) is 4.40. The van der Waals surface area contributed by atoms with Crippen LogP contribution in [-0.2, 0) is 6.42 Å². The second-order valence-corrected chi connectivity index (χ2v) is 5.68. The Kier molecular flexibility index (Phi) is 6.02. The predicted molar refractivity (Wildman–Crippen MR) is 94.2 cm³/mol. The lowest BCUT2D eigenvalue weighted by molar-refractivity contribution is 0.0993. The first kappa shape index (κ1) is 16.6. The van der Waals surface area contributed by atoms with E-state index in [0.29, 0.717) is 6.42 Å². The van der Waals surface area contributed by atoms with Gasteiger partial charge in [0.05, 0.1) is 0 Å². The highest BCUT2D eigenvalue weighted by Gasteiger charge is 2.11. The molecule has 1 aliphatic rings. The van der Waals surface area contributed by atoms with E-state index < -0.39 is 0 Å². The third-order valence-electron chi connectivity index (χ3n) is 4.12. The average Bonchev–Trinajstić information content (AvgIpc) is 2.57. The minimum atomic E-state index is 0. The Morgan fingerprint density at radius 1 is 0.864 bits per heavy atom. The molecule has 116 valence electrons. The zero-order valence-electron chi connectivity index (χ0n) is 12.7. The Labute approximate surface area is 138 Å². The number of halogens is 1. The molecule has 2 nitrogen and oxygen atoms in total. The van der Waals surface area contributed by atoms with E-state index in [1.165, 1.54) is 24.9 Å². The number of nitrogens with zero attached hydrogens (tertiary/aromatic N) is 1. The maximum absolute atomic E-state index is 12.2. The Bertz CT molecular complexity index is 589. The summed E-state index contributed by atoms with van der Waals surface area (Å²) in [6.45, 7) is 2.31. The fourth-order valence-corrected chi connectivity index (χ4v) is 2.89. The lowest BCUT2D eigenvalue weighted by Gasteiger charge is -2.28. The van der Waals surface area contributed by atoms with Crippen molar-refractivity contribution in [3.05, 3.63) is 65.7 Å². The van der Waals surface area contributed by atoms with Crippen LogP contribution in [0.3, 0.4) is 0 Å². The lowest BCUT2D eigenvalue weighted by Crippen LogP contribution is -2.29. The molecule has 0 radical (unpaired) electrons.